The van der Waals surface area contributed by atoms with Gasteiger partial charge in [-0.05, 0) is 31.2 Å². The number of hydrogen-bond donors (Lipinski definition) is 4. The van der Waals surface area contributed by atoms with Crippen LogP contribution in [-0.2, 0) is 12.7 Å². The van der Waals surface area contributed by atoms with Gasteiger partial charge in [-0.3, -0.25) is 10.2 Å². The lowest BCUT2D eigenvalue weighted by Crippen LogP contribution is -2.35. The van der Waals surface area contributed by atoms with Gasteiger partial charge < -0.3 is 16.0 Å². The van der Waals surface area contributed by atoms with Crippen LogP contribution in [0.1, 0.15) is 37.6 Å². The van der Waals surface area contributed by atoms with Gasteiger partial charge in [0.1, 0.15) is 5.69 Å². The molecule has 3 rings (SSSR count). The molecule has 0 saturated heterocycles. The minimum absolute atomic E-state index is 0.0131. The molecule has 0 unspecified atom stereocenters. The van der Waals surface area contributed by atoms with Crippen molar-refractivity contribution in [2.24, 2.45) is 0 Å². The molecule has 2 heterocycles. The van der Waals surface area contributed by atoms with Crippen molar-refractivity contribution in [3.8, 4) is 10.6 Å². The van der Waals surface area contributed by atoms with Crippen LogP contribution < -0.4 is 21.3 Å². The number of likely N-dealkylation sites (N-methyl/N-ethyl adjacent to an activating group) is 1. The van der Waals surface area contributed by atoms with Crippen LogP contribution in [0.15, 0.2) is 24.4 Å². The van der Waals surface area contributed by atoms with Gasteiger partial charge in [-0.2, -0.15) is 13.2 Å². The van der Waals surface area contributed by atoms with Crippen molar-refractivity contribution in [3.05, 3.63) is 46.2 Å². The second-order valence-electron chi connectivity index (χ2n) is 9.00. The first-order chi connectivity index (χ1) is 18.4. The lowest BCUT2D eigenvalue weighted by Gasteiger charge is -2.24. The van der Waals surface area contributed by atoms with Crippen LogP contribution in [0, 0.1) is 6.92 Å². The summed E-state index contributed by atoms with van der Waals surface area (Å²) in [6, 6.07) is 3.38. The maximum Gasteiger partial charge on any atom is 0.416 e. The molecule has 0 atom stereocenters. The number of nitrogens with one attached hydrogen (secondary N) is 4. The molecule has 14 heteroatoms. The van der Waals surface area contributed by atoms with E-state index in [1.807, 2.05) is 25.7 Å². The highest BCUT2D eigenvalue weighted by Crippen LogP contribution is 2.36. The quantitative estimate of drug-likeness (QED) is 0.216. The molecule has 0 spiro atoms. The molecule has 39 heavy (non-hydrogen) atoms. The van der Waals surface area contributed by atoms with Gasteiger partial charge in [0.05, 0.1) is 27.4 Å². The minimum atomic E-state index is -4.58. The average Bonchev–Trinajstić information content (AvgIpc) is 3.22. The predicted octanol–water partition coefficient (Wildman–Crippen LogP) is 6.09. The highest BCUT2D eigenvalue weighted by molar-refractivity contribution is 7.19. The summed E-state index contributed by atoms with van der Waals surface area (Å²) in [4.78, 5) is 27.9. The molecule has 2 amide bonds. The second-order valence-corrected chi connectivity index (χ2v) is 10.4. The Hall–Kier alpha value is -3.00. The number of nitrogens with zero attached hydrogens (tertiary/aromatic N) is 4. The number of alkyl halides is 3. The largest absolute Gasteiger partial charge is 0.416 e. The summed E-state index contributed by atoms with van der Waals surface area (Å²) in [5.74, 6) is 0.368. The van der Waals surface area contributed by atoms with Crippen molar-refractivity contribution >= 4 is 45.7 Å². The first-order valence-electron chi connectivity index (χ1n) is 12.3. The number of benzene rings is 1. The Morgan fingerprint density at radius 2 is 1.95 bits per heavy atom. The zero-order valence-electron chi connectivity index (χ0n) is 22.3. The van der Waals surface area contributed by atoms with Crippen molar-refractivity contribution in [2.45, 2.75) is 46.5 Å². The number of carbonyl (C=O) groups excluding carboxylic acids is 1. The van der Waals surface area contributed by atoms with Gasteiger partial charge in [0.15, 0.2) is 5.13 Å². The predicted molar refractivity (Wildman–Crippen MR) is 151 cm³/mol. The Kier molecular flexibility index (Phi) is 10.5. The molecular weight excluding hydrogens is 553 g/mol. The van der Waals surface area contributed by atoms with Crippen LogP contribution in [0.3, 0.4) is 0 Å². The second kappa shape index (κ2) is 13.4. The van der Waals surface area contributed by atoms with Crippen LogP contribution in [0.2, 0.25) is 5.02 Å². The van der Waals surface area contributed by atoms with Crippen molar-refractivity contribution < 1.29 is 18.0 Å². The lowest BCUT2D eigenvalue weighted by atomic mass is 10.1. The van der Waals surface area contributed by atoms with E-state index < -0.39 is 17.8 Å². The zero-order valence-corrected chi connectivity index (χ0v) is 23.9. The molecule has 4 N–H and O–H groups in total. The van der Waals surface area contributed by atoms with Gasteiger partial charge in [0.2, 0.25) is 5.95 Å². The third kappa shape index (κ3) is 8.49. The molecule has 0 aliphatic rings. The van der Waals surface area contributed by atoms with Gasteiger partial charge in [-0.1, -0.05) is 49.8 Å². The average molecular weight is 585 g/mol. The maximum absolute atomic E-state index is 13.9. The van der Waals surface area contributed by atoms with Gasteiger partial charge in [-0.25, -0.2) is 19.7 Å². The fraction of sp³-hybridized carbons (Fsp3) is 0.440. The zero-order chi connectivity index (χ0) is 28.7. The summed E-state index contributed by atoms with van der Waals surface area (Å²) in [5.41, 5.74) is 0.389. The van der Waals surface area contributed by atoms with E-state index in [0.29, 0.717) is 52.9 Å². The van der Waals surface area contributed by atoms with E-state index in [-0.39, 0.29) is 22.9 Å². The highest BCUT2D eigenvalue weighted by Gasteiger charge is 2.34. The van der Waals surface area contributed by atoms with Gasteiger partial charge in [0.25, 0.3) is 0 Å². The van der Waals surface area contributed by atoms with E-state index in [1.54, 1.807) is 14.0 Å². The number of anilines is 3. The van der Waals surface area contributed by atoms with E-state index in [9.17, 15) is 18.0 Å². The summed E-state index contributed by atoms with van der Waals surface area (Å²) < 4.78 is 41.8. The molecule has 2 aromatic heterocycles. The molecule has 0 aliphatic heterocycles. The van der Waals surface area contributed by atoms with Crippen molar-refractivity contribution in [1.82, 2.24) is 25.2 Å². The topological polar surface area (TPSA) is 107 Å². The number of halogens is 4. The third-order valence-corrected chi connectivity index (χ3v) is 7.05. The molecule has 0 bridgehead atoms. The Morgan fingerprint density at radius 3 is 2.59 bits per heavy atom. The van der Waals surface area contributed by atoms with Gasteiger partial charge >= 0.3 is 12.2 Å². The molecule has 0 aliphatic carbocycles. The molecule has 1 aromatic carbocycles. The van der Waals surface area contributed by atoms with E-state index in [2.05, 4.69) is 36.2 Å². The Bertz CT molecular complexity index is 1280. The SMILES string of the molecule is CCN(CCNC(C)C)Cc1ccc(NC(=O)Nc2nc(C)c(-c3nc(NC)ncc3Cl)s2)cc1C(F)(F)F. The van der Waals surface area contributed by atoms with Crippen LogP contribution in [0.4, 0.5) is 34.7 Å². The first-order valence-corrected chi connectivity index (χ1v) is 13.5. The molecule has 0 saturated carbocycles. The number of thiazole rings is 1. The summed E-state index contributed by atoms with van der Waals surface area (Å²) in [6.07, 6.45) is -3.12. The van der Waals surface area contributed by atoms with E-state index in [0.717, 1.165) is 17.4 Å². The number of carbonyl (C=O) groups is 1. The number of urea groups is 1. The number of hydrogen-bond acceptors (Lipinski definition) is 8. The van der Waals surface area contributed by atoms with Crippen molar-refractivity contribution in [2.75, 3.05) is 42.6 Å². The maximum atomic E-state index is 13.9. The summed E-state index contributed by atoms with van der Waals surface area (Å²) in [6.45, 7) is 9.70. The standard InChI is InChI=1S/C25H32ClF3N8OS/c1-6-37(10-9-31-14(2)3)13-16-7-8-17(11-18(16)25(27,28)29)34-23(38)36-24-33-15(4)21(39-24)20-19(26)12-32-22(30-5)35-20/h7-8,11-12,14,31H,6,9-10,13H2,1-5H3,(H,30,32,35)(H2,33,34,36,38). The Balaban J connectivity index is 1.74. The number of aryl methyl sites for hydroxylation is 1. The fourth-order valence-electron chi connectivity index (χ4n) is 3.73. The minimum Gasteiger partial charge on any atom is -0.357 e. The molecule has 9 nitrogen and oxygen atoms in total. The Morgan fingerprint density at radius 1 is 1.21 bits per heavy atom. The van der Waals surface area contributed by atoms with Crippen LogP contribution in [0.25, 0.3) is 10.6 Å². The van der Waals surface area contributed by atoms with E-state index in [1.165, 1.54) is 18.3 Å². The van der Waals surface area contributed by atoms with Crippen molar-refractivity contribution in [1.29, 1.82) is 0 Å². The molecular formula is C25H32ClF3N8OS. The summed E-state index contributed by atoms with van der Waals surface area (Å²) >= 11 is 7.39. The van der Waals surface area contributed by atoms with Gasteiger partial charge in [0, 0.05) is 38.4 Å². The van der Waals surface area contributed by atoms with Crippen LogP contribution in [-0.4, -0.2) is 58.6 Å². The summed E-state index contributed by atoms with van der Waals surface area (Å²) in [5, 5.41) is 11.7. The van der Waals surface area contributed by atoms with Crippen LogP contribution >= 0.6 is 22.9 Å². The number of rotatable bonds is 11. The van der Waals surface area contributed by atoms with Gasteiger partial charge in [-0.15, -0.1) is 0 Å². The fourth-order valence-corrected chi connectivity index (χ4v) is 4.94. The molecule has 0 radical (unpaired) electrons. The molecule has 212 valence electrons. The number of aromatic nitrogens is 3. The van der Waals surface area contributed by atoms with E-state index in [4.69, 9.17) is 11.6 Å². The first kappa shape index (κ1) is 30.5. The smallest absolute Gasteiger partial charge is 0.357 e. The Labute approximate surface area is 234 Å². The van der Waals surface area contributed by atoms with Crippen molar-refractivity contribution in [3.63, 3.8) is 0 Å². The lowest BCUT2D eigenvalue weighted by molar-refractivity contribution is -0.138. The normalized spacial score (nSPS) is 11.8. The third-order valence-electron chi connectivity index (χ3n) is 5.69. The number of amides is 2. The van der Waals surface area contributed by atoms with E-state index >= 15 is 0 Å². The van der Waals surface area contributed by atoms with Crippen LogP contribution in [0.5, 0.6) is 0 Å². The highest BCUT2D eigenvalue weighted by atomic mass is 35.5. The molecule has 3 aromatic rings. The molecule has 0 fully saturated rings. The summed E-state index contributed by atoms with van der Waals surface area (Å²) in [7, 11) is 1.67. The monoisotopic (exact) mass is 584 g/mol.